The van der Waals surface area contributed by atoms with E-state index < -0.39 is 28.6 Å². The maximum atomic E-state index is 12.9. The van der Waals surface area contributed by atoms with E-state index in [1.807, 2.05) is 0 Å². The van der Waals surface area contributed by atoms with Crippen molar-refractivity contribution in [3.63, 3.8) is 0 Å². The first-order valence-electron chi connectivity index (χ1n) is 10.3. The van der Waals surface area contributed by atoms with Crippen molar-refractivity contribution >= 4 is 29.2 Å². The van der Waals surface area contributed by atoms with E-state index in [1.54, 1.807) is 6.92 Å². The van der Waals surface area contributed by atoms with Gasteiger partial charge in [-0.2, -0.15) is 13.2 Å². The predicted molar refractivity (Wildman–Crippen MR) is 116 cm³/mol. The first-order valence-corrected chi connectivity index (χ1v) is 10.7. The van der Waals surface area contributed by atoms with E-state index in [9.17, 15) is 27.9 Å². The number of halogens is 4. The summed E-state index contributed by atoms with van der Waals surface area (Å²) in [6.45, 7) is 1.89. The summed E-state index contributed by atoms with van der Waals surface area (Å²) < 4.78 is 49.3. The van der Waals surface area contributed by atoms with E-state index >= 15 is 0 Å². The van der Waals surface area contributed by atoms with Crippen LogP contribution in [0.4, 0.5) is 18.9 Å². The van der Waals surface area contributed by atoms with Gasteiger partial charge in [-0.25, -0.2) is 4.79 Å². The Labute approximate surface area is 193 Å². The molecule has 6 nitrogen and oxygen atoms in total. The summed E-state index contributed by atoms with van der Waals surface area (Å²) in [4.78, 5) is 24.1. The third-order valence-electron chi connectivity index (χ3n) is 5.53. The van der Waals surface area contributed by atoms with Gasteiger partial charge in [0.05, 0.1) is 17.7 Å². The quantitative estimate of drug-likeness (QED) is 0.365. The first kappa shape index (κ1) is 24.7. The Kier molecular flexibility index (Phi) is 7.41. The number of aromatic hydroxyl groups is 1. The number of rotatable bonds is 8. The molecule has 0 bridgehead atoms. The molecule has 0 radical (unpaired) electrons. The van der Waals surface area contributed by atoms with Gasteiger partial charge in [0.1, 0.15) is 23.7 Å². The molecule has 1 aliphatic rings. The topological polar surface area (TPSA) is 84.9 Å². The zero-order chi connectivity index (χ0) is 24.3. The molecule has 0 saturated heterocycles. The van der Waals surface area contributed by atoms with E-state index in [1.165, 1.54) is 13.2 Å². The molecule has 0 unspecified atom stereocenters. The number of cyclic esters (lactones) is 1. The van der Waals surface area contributed by atoms with Crippen molar-refractivity contribution in [2.24, 2.45) is 0 Å². The summed E-state index contributed by atoms with van der Waals surface area (Å²) in [6.07, 6.45) is -2.38. The zero-order valence-corrected chi connectivity index (χ0v) is 18.8. The second-order valence-corrected chi connectivity index (χ2v) is 8.12. The van der Waals surface area contributed by atoms with Crippen molar-refractivity contribution in [1.29, 1.82) is 0 Å². The van der Waals surface area contributed by atoms with Crippen LogP contribution in [0, 0.1) is 6.92 Å². The van der Waals surface area contributed by atoms with Crippen LogP contribution in [-0.2, 0) is 28.7 Å². The van der Waals surface area contributed by atoms with Gasteiger partial charge >= 0.3 is 12.1 Å². The lowest BCUT2D eigenvalue weighted by molar-refractivity contribution is -0.137. The van der Waals surface area contributed by atoms with Crippen molar-refractivity contribution in [3.05, 3.63) is 51.0 Å². The second kappa shape index (κ2) is 9.91. The minimum Gasteiger partial charge on any atom is -0.507 e. The van der Waals surface area contributed by atoms with Crippen molar-refractivity contribution in [3.8, 4) is 11.5 Å². The van der Waals surface area contributed by atoms with Gasteiger partial charge in [0, 0.05) is 23.2 Å². The molecule has 0 atom stereocenters. The molecule has 1 amide bonds. The number of esters is 1. The number of carbonyl (C=O) groups is 2. The van der Waals surface area contributed by atoms with E-state index in [0.29, 0.717) is 42.6 Å². The van der Waals surface area contributed by atoms with Crippen LogP contribution in [-0.4, -0.2) is 24.1 Å². The van der Waals surface area contributed by atoms with Crippen LogP contribution in [0.25, 0.3) is 0 Å². The van der Waals surface area contributed by atoms with Gasteiger partial charge in [0.2, 0.25) is 5.91 Å². The molecule has 178 valence electrons. The summed E-state index contributed by atoms with van der Waals surface area (Å²) in [5.41, 5.74) is 1.05. The summed E-state index contributed by atoms with van der Waals surface area (Å²) in [6, 6.07) is 3.20. The van der Waals surface area contributed by atoms with Gasteiger partial charge in [-0.3, -0.25) is 4.79 Å². The Balaban J connectivity index is 1.55. The fourth-order valence-corrected chi connectivity index (χ4v) is 4.10. The molecule has 33 heavy (non-hydrogen) atoms. The van der Waals surface area contributed by atoms with Gasteiger partial charge in [0.15, 0.2) is 0 Å². The van der Waals surface area contributed by atoms with Crippen molar-refractivity contribution in [2.45, 2.75) is 51.8 Å². The number of ether oxygens (including phenoxy) is 2. The number of amides is 1. The van der Waals surface area contributed by atoms with Crippen LogP contribution >= 0.6 is 11.6 Å². The lowest BCUT2D eigenvalue weighted by Gasteiger charge is -2.16. The summed E-state index contributed by atoms with van der Waals surface area (Å²) in [7, 11) is 1.49. The second-order valence-electron chi connectivity index (χ2n) is 7.72. The number of unbranched alkanes of at least 4 members (excludes halogenated alkanes) is 2. The molecule has 0 fully saturated rings. The first-order chi connectivity index (χ1) is 15.5. The molecular weight excluding hydrogens is 463 g/mol. The Bertz CT molecular complexity index is 1080. The van der Waals surface area contributed by atoms with Crippen LogP contribution in [0.1, 0.15) is 58.3 Å². The van der Waals surface area contributed by atoms with Crippen molar-refractivity contribution in [1.82, 2.24) is 0 Å². The number of fused-ring (bicyclic) bond motifs is 1. The fourth-order valence-electron chi connectivity index (χ4n) is 3.88. The van der Waals surface area contributed by atoms with Crippen molar-refractivity contribution in [2.75, 3.05) is 12.4 Å². The molecule has 0 aliphatic carbocycles. The number of phenols is 1. The smallest absolute Gasteiger partial charge is 0.417 e. The number of nitrogens with one attached hydrogen (secondary N) is 1. The molecule has 0 spiro atoms. The molecule has 0 saturated carbocycles. The largest absolute Gasteiger partial charge is 0.507 e. The predicted octanol–water partition coefficient (Wildman–Crippen LogP) is 5.79. The van der Waals surface area contributed by atoms with Crippen LogP contribution < -0.4 is 10.1 Å². The highest BCUT2D eigenvalue weighted by atomic mass is 35.5. The van der Waals surface area contributed by atoms with Gasteiger partial charge in [0.25, 0.3) is 0 Å². The number of phenolic OH excluding ortho intramolecular Hbond substituents is 1. The highest BCUT2D eigenvalue weighted by Crippen LogP contribution is 2.42. The van der Waals surface area contributed by atoms with Crippen LogP contribution in [0.2, 0.25) is 5.02 Å². The minimum absolute atomic E-state index is 0.0203. The number of alkyl halides is 3. The number of benzene rings is 2. The number of carbonyl (C=O) groups excluding carboxylic acids is 2. The molecule has 1 aliphatic heterocycles. The highest BCUT2D eigenvalue weighted by Gasteiger charge is 2.34. The van der Waals surface area contributed by atoms with Gasteiger partial charge < -0.3 is 19.9 Å². The Morgan fingerprint density at radius 1 is 1.27 bits per heavy atom. The molecule has 2 aromatic rings. The SMILES string of the molecule is COc1c(C)c2c(c(O)c1CCCCCC(=O)Nc1ccc(Cl)c(C(F)(F)F)c1)C(=O)OC2. The number of hydrogen-bond acceptors (Lipinski definition) is 5. The minimum atomic E-state index is -4.61. The number of hydrogen-bond donors (Lipinski definition) is 2. The lowest BCUT2D eigenvalue weighted by Crippen LogP contribution is -2.13. The lowest BCUT2D eigenvalue weighted by atomic mass is 9.94. The van der Waals surface area contributed by atoms with Gasteiger partial charge in [-0.1, -0.05) is 18.0 Å². The van der Waals surface area contributed by atoms with Gasteiger partial charge in [-0.05, 0) is 49.9 Å². The van der Waals surface area contributed by atoms with Crippen molar-refractivity contribution < 1.29 is 37.3 Å². The average molecular weight is 486 g/mol. The molecule has 0 aromatic heterocycles. The molecule has 10 heteroatoms. The fraction of sp³-hybridized carbons (Fsp3) is 0.391. The third-order valence-corrected chi connectivity index (χ3v) is 5.86. The van der Waals surface area contributed by atoms with Gasteiger partial charge in [-0.15, -0.1) is 0 Å². The van der Waals surface area contributed by atoms with E-state index in [4.69, 9.17) is 21.1 Å². The van der Waals surface area contributed by atoms with Crippen LogP contribution in [0.5, 0.6) is 11.5 Å². The Morgan fingerprint density at radius 3 is 2.67 bits per heavy atom. The monoisotopic (exact) mass is 485 g/mol. The average Bonchev–Trinajstić information content (AvgIpc) is 3.14. The molecule has 1 heterocycles. The standard InChI is InChI=1S/C23H23ClF3NO5/c1-12-15-11-33-22(31)19(15)20(30)14(21(12)32-2)6-4-3-5-7-18(29)28-13-8-9-17(24)16(10-13)23(25,26)27/h8-10,30H,3-7,11H2,1-2H3,(H,28,29). The Hall–Kier alpha value is -2.94. The maximum absolute atomic E-state index is 12.9. The van der Waals surface area contributed by atoms with E-state index in [0.717, 1.165) is 17.7 Å². The zero-order valence-electron chi connectivity index (χ0n) is 18.1. The maximum Gasteiger partial charge on any atom is 0.417 e. The molecular formula is C23H23ClF3NO5. The third kappa shape index (κ3) is 5.35. The summed E-state index contributed by atoms with van der Waals surface area (Å²) in [5, 5.41) is 12.6. The molecule has 2 aromatic carbocycles. The molecule has 2 N–H and O–H groups in total. The van der Waals surface area contributed by atoms with Crippen LogP contribution in [0.3, 0.4) is 0 Å². The normalized spacial score (nSPS) is 13.0. The van der Waals surface area contributed by atoms with E-state index in [2.05, 4.69) is 5.32 Å². The number of anilines is 1. The summed E-state index contributed by atoms with van der Waals surface area (Å²) >= 11 is 5.58. The van der Waals surface area contributed by atoms with E-state index in [-0.39, 0.29) is 30.0 Å². The number of methoxy groups -OCH3 is 1. The summed E-state index contributed by atoms with van der Waals surface area (Å²) in [5.74, 6) is -0.620. The Morgan fingerprint density at radius 2 is 2.00 bits per heavy atom. The van der Waals surface area contributed by atoms with Crippen LogP contribution in [0.15, 0.2) is 18.2 Å². The molecule has 3 rings (SSSR count). The highest BCUT2D eigenvalue weighted by molar-refractivity contribution is 6.31.